The van der Waals surface area contributed by atoms with Gasteiger partial charge in [0.15, 0.2) is 23.3 Å². The zero-order valence-corrected chi connectivity index (χ0v) is 5.96. The number of hydrogen-bond acceptors (Lipinski definition) is 1. The van der Waals surface area contributed by atoms with Gasteiger partial charge in [0.2, 0.25) is 0 Å². The molecule has 1 nitrogen and oxygen atoms in total. The van der Waals surface area contributed by atoms with Gasteiger partial charge in [0.1, 0.15) is 0 Å². The second-order valence-corrected chi connectivity index (χ2v) is 2.12. The summed E-state index contributed by atoms with van der Waals surface area (Å²) < 4.78 is 86.7. The second-order valence-electron chi connectivity index (χ2n) is 2.12. The lowest BCUT2D eigenvalue weighted by molar-refractivity contribution is 0.262. The monoisotopic (exact) mass is 199 g/mol. The summed E-state index contributed by atoms with van der Waals surface area (Å²) in [5.41, 5.74) is -3.74. The van der Waals surface area contributed by atoms with Gasteiger partial charge in [-0.1, -0.05) is 0 Å². The highest BCUT2D eigenvalue weighted by atomic mass is 19.2. The van der Waals surface area contributed by atoms with E-state index in [2.05, 4.69) is 0 Å². The molecule has 0 bridgehead atoms. The van der Waals surface area contributed by atoms with Gasteiger partial charge in [-0.15, -0.1) is 0 Å². The van der Waals surface area contributed by atoms with Gasteiger partial charge in [-0.05, 0) is 6.85 Å². The first-order chi connectivity index (χ1) is 7.89. The van der Waals surface area contributed by atoms with Crippen LogP contribution in [0, 0.1) is 30.1 Å². The molecule has 0 aliphatic carbocycles. The Hall–Kier alpha value is -1.10. The van der Waals surface area contributed by atoms with E-state index in [4.69, 9.17) is 12.0 Å². The van der Waals surface area contributed by atoms with Crippen molar-refractivity contribution in [3.63, 3.8) is 0 Å². The third kappa shape index (κ3) is 1.39. The van der Waals surface area contributed by atoms with E-state index in [0.29, 0.717) is 0 Å². The lowest BCUT2D eigenvalue weighted by atomic mass is 10.1. The Morgan fingerprint density at radius 2 is 1.62 bits per heavy atom. The number of halogens is 4. The first kappa shape index (κ1) is 4.95. The van der Waals surface area contributed by atoms with Crippen LogP contribution in [-0.2, 0) is 6.56 Å². The zero-order valence-electron chi connectivity index (χ0n) is 11.0. The molecular formula is C8H6F4O. The smallest absolute Gasteiger partial charge is 0.167 e. The third-order valence-corrected chi connectivity index (χ3v) is 1.38. The fourth-order valence-electron chi connectivity index (χ4n) is 0.730. The van der Waals surface area contributed by atoms with Crippen LogP contribution in [0.5, 0.6) is 0 Å². The molecule has 1 N–H and O–H groups in total. The van der Waals surface area contributed by atoms with Crippen LogP contribution in [0.3, 0.4) is 0 Å². The fourth-order valence-corrected chi connectivity index (χ4v) is 0.730. The average Bonchev–Trinajstić information content (AvgIpc) is 2.10. The highest BCUT2D eigenvalue weighted by molar-refractivity contribution is 5.28. The van der Waals surface area contributed by atoms with Gasteiger partial charge in [-0.2, -0.15) is 0 Å². The summed E-state index contributed by atoms with van der Waals surface area (Å²) in [5.74, 6) is -9.09. The molecule has 0 amide bonds. The van der Waals surface area contributed by atoms with Crippen molar-refractivity contribution >= 4 is 0 Å². The van der Waals surface area contributed by atoms with E-state index in [1.54, 1.807) is 0 Å². The maximum Gasteiger partial charge on any atom is 0.167 e. The molecule has 0 aliphatic rings. The van der Waals surface area contributed by atoms with Crippen LogP contribution in [0.2, 0.25) is 0 Å². The van der Waals surface area contributed by atoms with Crippen molar-refractivity contribution in [1.82, 2.24) is 0 Å². The average molecular weight is 199 g/mol. The van der Waals surface area contributed by atoms with Gasteiger partial charge in [0, 0.05) is 9.68 Å². The summed E-state index contributed by atoms with van der Waals surface area (Å²) in [6.45, 7) is -7.15. The minimum absolute atomic E-state index is 1.83. The normalized spacial score (nSPS) is 18.4. The third-order valence-electron chi connectivity index (χ3n) is 1.38. The van der Waals surface area contributed by atoms with Crippen LogP contribution in [0.15, 0.2) is 0 Å². The van der Waals surface area contributed by atoms with Gasteiger partial charge >= 0.3 is 0 Å². The molecule has 0 unspecified atom stereocenters. The highest BCUT2D eigenvalue weighted by Gasteiger charge is 2.21. The van der Waals surface area contributed by atoms with Crippen molar-refractivity contribution in [2.75, 3.05) is 0 Å². The molecule has 0 saturated heterocycles. The van der Waals surface area contributed by atoms with E-state index in [0.717, 1.165) is 0 Å². The molecule has 0 aromatic heterocycles. The maximum atomic E-state index is 13.3. The van der Waals surface area contributed by atoms with Gasteiger partial charge in [0.25, 0.3) is 0 Å². The van der Waals surface area contributed by atoms with E-state index in [9.17, 15) is 17.6 Å². The predicted octanol–water partition coefficient (Wildman–Crippen LogP) is 2.04. The van der Waals surface area contributed by atoms with E-state index >= 15 is 0 Å². The molecule has 0 saturated carbocycles. The molecule has 0 spiro atoms. The topological polar surface area (TPSA) is 20.2 Å². The maximum absolute atomic E-state index is 13.3. The SMILES string of the molecule is [2H]C([2H])([2H])c1c(F)c(F)c(C([2H])([2H])O)c(F)c1F. The number of benzene rings is 1. The molecule has 0 atom stereocenters. The van der Waals surface area contributed by atoms with Gasteiger partial charge < -0.3 is 5.11 Å². The number of rotatable bonds is 1. The first-order valence-electron chi connectivity index (χ1n) is 5.48. The predicted molar refractivity (Wildman–Crippen MR) is 36.9 cm³/mol. The molecule has 0 heterocycles. The summed E-state index contributed by atoms with van der Waals surface area (Å²) in [7, 11) is 0. The summed E-state index contributed by atoms with van der Waals surface area (Å²) >= 11 is 0. The number of hydrogen-bond donors (Lipinski definition) is 1. The molecule has 1 aromatic rings. The molecule has 0 fully saturated rings. The van der Waals surface area contributed by atoms with Crippen LogP contribution >= 0.6 is 0 Å². The Bertz CT molecular complexity index is 420. The summed E-state index contributed by atoms with van der Waals surface area (Å²) in [6, 6.07) is 0. The van der Waals surface area contributed by atoms with E-state index < -0.39 is 47.8 Å². The Balaban J connectivity index is 3.79. The Kier molecular flexibility index (Phi) is 1.27. The molecule has 72 valence electrons. The van der Waals surface area contributed by atoms with Crippen molar-refractivity contribution in [3.05, 3.63) is 34.4 Å². The van der Waals surface area contributed by atoms with Crippen LogP contribution in [0.4, 0.5) is 17.6 Å². The molecule has 0 aliphatic heterocycles. The van der Waals surface area contributed by atoms with Crippen molar-refractivity contribution in [2.24, 2.45) is 0 Å². The van der Waals surface area contributed by atoms with Crippen molar-refractivity contribution in [2.45, 2.75) is 13.4 Å². The molecule has 13 heavy (non-hydrogen) atoms. The van der Waals surface area contributed by atoms with Gasteiger partial charge in [-0.25, -0.2) is 17.6 Å². The van der Waals surface area contributed by atoms with Crippen LogP contribution in [0.1, 0.15) is 18.0 Å². The molecule has 5 heteroatoms. The Morgan fingerprint density at radius 3 is 1.92 bits per heavy atom. The first-order valence-corrected chi connectivity index (χ1v) is 2.98. The Labute approximate surface area is 78.6 Å². The minimum atomic E-state index is -3.69. The van der Waals surface area contributed by atoms with Crippen LogP contribution in [0.25, 0.3) is 0 Å². The van der Waals surface area contributed by atoms with E-state index in [-0.39, 0.29) is 0 Å². The lowest BCUT2D eigenvalue weighted by Gasteiger charge is -2.06. The Morgan fingerprint density at radius 1 is 1.15 bits per heavy atom. The quantitative estimate of drug-likeness (QED) is 0.542. The van der Waals surface area contributed by atoms with Gasteiger partial charge in [0.05, 0.1) is 14.9 Å². The minimum Gasteiger partial charge on any atom is -0.391 e. The molecule has 1 rings (SSSR count). The van der Waals surface area contributed by atoms with Crippen molar-refractivity contribution in [3.8, 4) is 0 Å². The molecule has 1 aromatic carbocycles. The standard InChI is InChI=1S/C8H6F4O/c1-3-5(9)7(11)4(2-13)8(12)6(3)10/h13H,2H2,1H3/i1D3,2D2. The summed E-state index contributed by atoms with van der Waals surface area (Å²) in [5, 5.41) is 8.77. The second kappa shape index (κ2) is 3.33. The molecule has 0 radical (unpaired) electrons. The summed E-state index contributed by atoms with van der Waals surface area (Å²) in [6.07, 6.45) is 0. The summed E-state index contributed by atoms with van der Waals surface area (Å²) in [4.78, 5) is 0. The van der Waals surface area contributed by atoms with Crippen molar-refractivity contribution < 1.29 is 29.5 Å². The zero-order chi connectivity index (χ0) is 14.5. The fraction of sp³-hybridized carbons (Fsp3) is 0.250. The van der Waals surface area contributed by atoms with Crippen LogP contribution in [-0.4, -0.2) is 5.11 Å². The van der Waals surface area contributed by atoms with E-state index in [1.165, 1.54) is 0 Å². The van der Waals surface area contributed by atoms with Crippen molar-refractivity contribution in [1.29, 1.82) is 0 Å². The van der Waals surface area contributed by atoms with Crippen LogP contribution < -0.4 is 0 Å². The number of aliphatic hydroxyl groups is 1. The highest BCUT2D eigenvalue weighted by Crippen LogP contribution is 2.23. The largest absolute Gasteiger partial charge is 0.391 e. The van der Waals surface area contributed by atoms with E-state index in [1.807, 2.05) is 0 Å². The van der Waals surface area contributed by atoms with Gasteiger partial charge in [-0.3, -0.25) is 0 Å². The lowest BCUT2D eigenvalue weighted by Crippen LogP contribution is -2.05. The molecular weight excluding hydrogens is 188 g/mol.